The molecular formula is C18H29N3O3S. The summed E-state index contributed by atoms with van der Waals surface area (Å²) in [5.74, 6) is 0.399. The number of amides is 2. The summed E-state index contributed by atoms with van der Waals surface area (Å²) < 4.78 is 5.29. The second kappa shape index (κ2) is 8.17. The van der Waals surface area contributed by atoms with Gasteiger partial charge in [0.15, 0.2) is 0 Å². The SMILES string of the molecule is CC(C)C(NC(=O)OC(C)(C)C)C(=O)N1CCC(c2nccs2)CC1. The van der Waals surface area contributed by atoms with E-state index in [1.807, 2.05) is 51.1 Å². The van der Waals surface area contributed by atoms with Gasteiger partial charge < -0.3 is 15.0 Å². The number of carbonyl (C=O) groups excluding carboxylic acids is 2. The van der Waals surface area contributed by atoms with Crippen LogP contribution in [0.3, 0.4) is 0 Å². The third-order valence-corrected chi connectivity index (χ3v) is 5.15. The van der Waals surface area contributed by atoms with Gasteiger partial charge in [0, 0.05) is 30.6 Å². The van der Waals surface area contributed by atoms with Gasteiger partial charge in [-0.15, -0.1) is 11.3 Å². The molecule has 1 aliphatic heterocycles. The van der Waals surface area contributed by atoms with Crippen molar-refractivity contribution in [2.24, 2.45) is 5.92 Å². The van der Waals surface area contributed by atoms with Crippen molar-refractivity contribution in [3.05, 3.63) is 16.6 Å². The molecule has 0 aromatic carbocycles. The number of thiazole rings is 1. The molecule has 6 nitrogen and oxygen atoms in total. The Balaban J connectivity index is 1.93. The van der Waals surface area contributed by atoms with Gasteiger partial charge in [-0.05, 0) is 39.5 Å². The second-order valence-corrected chi connectivity index (χ2v) is 8.76. The molecule has 0 aliphatic carbocycles. The van der Waals surface area contributed by atoms with E-state index in [0.717, 1.165) is 17.8 Å². The van der Waals surface area contributed by atoms with Crippen LogP contribution in [0.2, 0.25) is 0 Å². The zero-order valence-corrected chi connectivity index (χ0v) is 16.6. The summed E-state index contributed by atoms with van der Waals surface area (Å²) in [6.07, 6.45) is 3.11. The van der Waals surface area contributed by atoms with Crippen molar-refractivity contribution in [1.82, 2.24) is 15.2 Å². The molecule has 2 heterocycles. The highest BCUT2D eigenvalue weighted by Crippen LogP contribution is 2.29. The maximum absolute atomic E-state index is 12.9. The third-order valence-electron chi connectivity index (χ3n) is 4.21. The van der Waals surface area contributed by atoms with Gasteiger partial charge in [-0.2, -0.15) is 0 Å². The van der Waals surface area contributed by atoms with E-state index in [1.165, 1.54) is 0 Å². The van der Waals surface area contributed by atoms with E-state index in [9.17, 15) is 9.59 Å². The van der Waals surface area contributed by atoms with E-state index in [2.05, 4.69) is 10.3 Å². The number of piperidine rings is 1. The van der Waals surface area contributed by atoms with Gasteiger partial charge in [-0.25, -0.2) is 9.78 Å². The first-order valence-electron chi connectivity index (χ1n) is 8.85. The minimum Gasteiger partial charge on any atom is -0.444 e. The maximum atomic E-state index is 12.9. The molecule has 2 amide bonds. The van der Waals surface area contributed by atoms with Gasteiger partial charge in [-0.3, -0.25) is 4.79 Å². The predicted octanol–water partition coefficient (Wildman–Crippen LogP) is 3.40. The Bertz CT molecular complexity index is 573. The number of ether oxygens (including phenoxy) is 1. The Hall–Kier alpha value is -1.63. The number of carbonyl (C=O) groups is 2. The number of nitrogens with zero attached hydrogens (tertiary/aromatic N) is 2. The van der Waals surface area contributed by atoms with Crippen molar-refractivity contribution in [3.8, 4) is 0 Å². The lowest BCUT2D eigenvalue weighted by Gasteiger charge is -2.35. The Morgan fingerprint density at radius 1 is 1.32 bits per heavy atom. The van der Waals surface area contributed by atoms with Gasteiger partial charge in [0.25, 0.3) is 0 Å². The van der Waals surface area contributed by atoms with Crippen LogP contribution in [0.4, 0.5) is 4.79 Å². The fraction of sp³-hybridized carbons (Fsp3) is 0.722. The number of rotatable bonds is 4. The van der Waals surface area contributed by atoms with Crippen LogP contribution in [-0.4, -0.2) is 46.6 Å². The van der Waals surface area contributed by atoms with Gasteiger partial charge >= 0.3 is 6.09 Å². The van der Waals surface area contributed by atoms with E-state index in [0.29, 0.717) is 19.0 Å². The highest BCUT2D eigenvalue weighted by Gasteiger charge is 2.33. The van der Waals surface area contributed by atoms with E-state index >= 15 is 0 Å². The Kier molecular flexibility index (Phi) is 6.43. The number of nitrogens with one attached hydrogen (secondary N) is 1. The summed E-state index contributed by atoms with van der Waals surface area (Å²) in [6, 6.07) is -0.564. The highest BCUT2D eigenvalue weighted by molar-refractivity contribution is 7.09. The fourth-order valence-electron chi connectivity index (χ4n) is 2.93. The van der Waals surface area contributed by atoms with Crippen molar-refractivity contribution >= 4 is 23.3 Å². The molecule has 0 saturated carbocycles. The van der Waals surface area contributed by atoms with Gasteiger partial charge in [0.05, 0.1) is 5.01 Å². The normalized spacial score (nSPS) is 17.4. The van der Waals surface area contributed by atoms with Gasteiger partial charge in [0.2, 0.25) is 5.91 Å². The lowest BCUT2D eigenvalue weighted by molar-refractivity contribution is -0.135. The molecule has 1 N–H and O–H groups in total. The summed E-state index contributed by atoms with van der Waals surface area (Å²) in [5, 5.41) is 5.89. The number of aromatic nitrogens is 1. The van der Waals surface area contributed by atoms with Gasteiger partial charge in [0.1, 0.15) is 11.6 Å². The third kappa shape index (κ3) is 5.70. The van der Waals surface area contributed by atoms with Crippen LogP contribution in [0.1, 0.15) is 58.4 Å². The topological polar surface area (TPSA) is 71.5 Å². The monoisotopic (exact) mass is 367 g/mol. The zero-order valence-electron chi connectivity index (χ0n) is 15.7. The van der Waals surface area contributed by atoms with Crippen LogP contribution in [0.5, 0.6) is 0 Å². The molecular weight excluding hydrogens is 338 g/mol. The molecule has 25 heavy (non-hydrogen) atoms. The summed E-state index contributed by atoms with van der Waals surface area (Å²) in [5.41, 5.74) is -0.583. The first-order chi connectivity index (χ1) is 11.7. The maximum Gasteiger partial charge on any atom is 0.408 e. The molecule has 1 unspecified atom stereocenters. The van der Waals surface area contributed by atoms with Crippen LogP contribution in [0.15, 0.2) is 11.6 Å². The summed E-state index contributed by atoms with van der Waals surface area (Å²) >= 11 is 1.68. The molecule has 140 valence electrons. The first-order valence-corrected chi connectivity index (χ1v) is 9.73. The Morgan fingerprint density at radius 2 is 1.96 bits per heavy atom. The number of hydrogen-bond donors (Lipinski definition) is 1. The summed E-state index contributed by atoms with van der Waals surface area (Å²) in [4.78, 5) is 31.2. The molecule has 2 rings (SSSR count). The van der Waals surface area contributed by atoms with E-state index < -0.39 is 17.7 Å². The van der Waals surface area contributed by atoms with Crippen molar-refractivity contribution < 1.29 is 14.3 Å². The number of hydrogen-bond acceptors (Lipinski definition) is 5. The number of likely N-dealkylation sites (tertiary alicyclic amines) is 1. The molecule has 1 saturated heterocycles. The molecule has 1 aliphatic rings. The largest absolute Gasteiger partial charge is 0.444 e. The van der Waals surface area contributed by atoms with Crippen LogP contribution in [-0.2, 0) is 9.53 Å². The van der Waals surface area contributed by atoms with Crippen LogP contribution >= 0.6 is 11.3 Å². The van der Waals surface area contributed by atoms with Crippen LogP contribution in [0, 0.1) is 5.92 Å². The highest BCUT2D eigenvalue weighted by atomic mass is 32.1. The lowest BCUT2D eigenvalue weighted by atomic mass is 9.95. The van der Waals surface area contributed by atoms with Crippen molar-refractivity contribution in [2.45, 2.75) is 65.0 Å². The summed E-state index contributed by atoms with van der Waals surface area (Å²) in [6.45, 7) is 10.7. The molecule has 0 radical (unpaired) electrons. The smallest absolute Gasteiger partial charge is 0.408 e. The van der Waals surface area contributed by atoms with E-state index in [1.54, 1.807) is 11.3 Å². The molecule has 7 heteroatoms. The van der Waals surface area contributed by atoms with Crippen molar-refractivity contribution in [2.75, 3.05) is 13.1 Å². The van der Waals surface area contributed by atoms with Crippen LogP contribution < -0.4 is 5.32 Å². The minimum atomic E-state index is -0.583. The van der Waals surface area contributed by atoms with Gasteiger partial charge in [-0.1, -0.05) is 13.8 Å². The van der Waals surface area contributed by atoms with E-state index in [4.69, 9.17) is 4.74 Å². The average molecular weight is 368 g/mol. The molecule has 1 aromatic heterocycles. The molecule has 1 fully saturated rings. The fourth-order valence-corrected chi connectivity index (χ4v) is 3.74. The predicted molar refractivity (Wildman–Crippen MR) is 98.7 cm³/mol. The minimum absolute atomic E-state index is 0.00305. The quantitative estimate of drug-likeness (QED) is 0.885. The molecule has 1 atom stereocenters. The molecule has 0 spiro atoms. The van der Waals surface area contributed by atoms with Crippen molar-refractivity contribution in [1.29, 1.82) is 0 Å². The molecule has 0 bridgehead atoms. The summed E-state index contributed by atoms with van der Waals surface area (Å²) in [7, 11) is 0. The first kappa shape index (κ1) is 19.7. The lowest BCUT2D eigenvalue weighted by Crippen LogP contribution is -2.53. The zero-order chi connectivity index (χ0) is 18.6. The molecule has 1 aromatic rings. The van der Waals surface area contributed by atoms with E-state index in [-0.39, 0.29) is 11.8 Å². The van der Waals surface area contributed by atoms with Crippen molar-refractivity contribution in [3.63, 3.8) is 0 Å². The Morgan fingerprint density at radius 3 is 2.44 bits per heavy atom. The second-order valence-electron chi connectivity index (χ2n) is 7.84. The Labute approximate surface area is 154 Å². The number of alkyl carbamates (subject to hydrolysis) is 1. The standard InChI is InChI=1S/C18H29N3O3S/c1-12(2)14(20-17(23)24-18(3,4)5)16(22)21-9-6-13(7-10-21)15-19-8-11-25-15/h8,11-14H,6-7,9-10H2,1-5H3,(H,20,23). The average Bonchev–Trinajstić information content (AvgIpc) is 3.04. The van der Waals surface area contributed by atoms with Crippen LogP contribution in [0.25, 0.3) is 0 Å².